The van der Waals surface area contributed by atoms with Crippen molar-refractivity contribution in [2.45, 2.75) is 44.2 Å². The molecule has 0 saturated carbocycles. The molecule has 0 radical (unpaired) electrons. The molecular weight excluding hydrogens is 432 g/mol. The summed E-state index contributed by atoms with van der Waals surface area (Å²) in [5.74, 6) is -0.0513. The van der Waals surface area contributed by atoms with Gasteiger partial charge in [-0.2, -0.15) is 4.31 Å². The van der Waals surface area contributed by atoms with Crippen molar-refractivity contribution < 1.29 is 23.1 Å². The second-order valence-electron chi connectivity index (χ2n) is 8.16. The third-order valence-corrected chi connectivity index (χ3v) is 7.76. The molecule has 1 aliphatic rings. The number of fused-ring (bicyclic) bond motifs is 1. The summed E-state index contributed by atoms with van der Waals surface area (Å²) in [5.41, 5.74) is 1.44. The van der Waals surface area contributed by atoms with Gasteiger partial charge in [0.2, 0.25) is 15.9 Å². The SMILES string of the molecule is CCC(=O)N(C)C[C@H]1Oc2cc(-c3cncnc3)ccc2S(=O)(=O)N([C@H](C)CO)C[C@@H]1C. The number of aliphatic hydroxyl groups is 1. The van der Waals surface area contributed by atoms with Crippen LogP contribution in [-0.2, 0) is 14.8 Å². The minimum absolute atomic E-state index is 0.0218. The van der Waals surface area contributed by atoms with Gasteiger partial charge in [0.25, 0.3) is 0 Å². The molecule has 1 aromatic carbocycles. The molecule has 32 heavy (non-hydrogen) atoms. The molecule has 174 valence electrons. The monoisotopic (exact) mass is 462 g/mol. The first-order chi connectivity index (χ1) is 15.2. The van der Waals surface area contributed by atoms with E-state index < -0.39 is 22.2 Å². The number of likely N-dealkylation sites (N-methyl/N-ethyl adjacent to an activating group) is 1. The van der Waals surface area contributed by atoms with Gasteiger partial charge < -0.3 is 14.7 Å². The Labute approximate surface area is 189 Å². The summed E-state index contributed by atoms with van der Waals surface area (Å²) < 4.78 is 34.6. The molecule has 0 aliphatic carbocycles. The number of nitrogens with zero attached hydrogens (tertiary/aromatic N) is 4. The van der Waals surface area contributed by atoms with Crippen molar-refractivity contribution in [3.05, 3.63) is 36.9 Å². The summed E-state index contributed by atoms with van der Waals surface area (Å²) in [5, 5.41) is 9.72. The topological polar surface area (TPSA) is 113 Å². The molecule has 0 unspecified atom stereocenters. The van der Waals surface area contributed by atoms with Gasteiger partial charge in [-0.3, -0.25) is 4.79 Å². The third-order valence-electron chi connectivity index (χ3n) is 5.74. The van der Waals surface area contributed by atoms with E-state index in [1.54, 1.807) is 50.3 Å². The molecule has 3 rings (SSSR count). The van der Waals surface area contributed by atoms with Crippen molar-refractivity contribution in [1.29, 1.82) is 0 Å². The minimum Gasteiger partial charge on any atom is -0.487 e. The highest BCUT2D eigenvalue weighted by molar-refractivity contribution is 7.89. The van der Waals surface area contributed by atoms with Crippen molar-refractivity contribution in [3.8, 4) is 16.9 Å². The molecule has 1 aromatic heterocycles. The number of carbonyl (C=O) groups is 1. The summed E-state index contributed by atoms with van der Waals surface area (Å²) in [6.45, 7) is 5.53. The van der Waals surface area contributed by atoms with Gasteiger partial charge in [-0.05, 0) is 24.6 Å². The molecule has 0 spiro atoms. The summed E-state index contributed by atoms with van der Waals surface area (Å²) in [6, 6.07) is 4.26. The number of rotatable bonds is 6. The van der Waals surface area contributed by atoms with Crippen molar-refractivity contribution in [3.63, 3.8) is 0 Å². The zero-order valence-corrected chi connectivity index (χ0v) is 19.6. The molecule has 10 heteroatoms. The number of ether oxygens (including phenoxy) is 1. The van der Waals surface area contributed by atoms with Gasteiger partial charge in [-0.25, -0.2) is 18.4 Å². The predicted octanol–water partition coefficient (Wildman–Crippen LogP) is 1.78. The lowest BCUT2D eigenvalue weighted by atomic mass is 10.0. The fourth-order valence-corrected chi connectivity index (χ4v) is 5.54. The Kier molecular flexibility index (Phi) is 7.47. The Morgan fingerprint density at radius 1 is 1.31 bits per heavy atom. The van der Waals surface area contributed by atoms with E-state index in [0.29, 0.717) is 18.5 Å². The fraction of sp³-hybridized carbons (Fsp3) is 0.500. The number of sulfonamides is 1. The normalized spacial score (nSPS) is 21.5. The van der Waals surface area contributed by atoms with E-state index in [4.69, 9.17) is 4.74 Å². The fourth-order valence-electron chi connectivity index (χ4n) is 3.71. The van der Waals surface area contributed by atoms with Gasteiger partial charge >= 0.3 is 0 Å². The minimum atomic E-state index is -3.92. The number of aliphatic hydroxyl groups excluding tert-OH is 1. The van der Waals surface area contributed by atoms with Gasteiger partial charge in [0.1, 0.15) is 23.1 Å². The van der Waals surface area contributed by atoms with Gasteiger partial charge in [0, 0.05) is 49.9 Å². The third kappa shape index (κ3) is 4.92. The molecule has 9 nitrogen and oxygen atoms in total. The number of carbonyl (C=O) groups excluding carboxylic acids is 1. The summed E-state index contributed by atoms with van der Waals surface area (Å²) >= 11 is 0. The van der Waals surface area contributed by atoms with Gasteiger partial charge in [0.15, 0.2) is 0 Å². The van der Waals surface area contributed by atoms with E-state index in [9.17, 15) is 18.3 Å². The Balaban J connectivity index is 2.11. The first kappa shape index (κ1) is 24.1. The molecule has 1 N–H and O–H groups in total. The number of benzene rings is 1. The van der Waals surface area contributed by atoms with E-state index >= 15 is 0 Å². The summed E-state index contributed by atoms with van der Waals surface area (Å²) in [7, 11) is -2.21. The second-order valence-corrected chi connectivity index (χ2v) is 10.0. The highest BCUT2D eigenvalue weighted by Gasteiger charge is 2.38. The number of aromatic nitrogens is 2. The molecule has 0 saturated heterocycles. The standard InChI is InChI=1S/C22H30N4O5S/c1-5-22(28)25(4)12-20-15(2)11-26(16(3)13-27)32(29,30)21-7-6-17(8-19(21)31-20)18-9-23-14-24-10-18/h6-10,14-16,20,27H,5,11-13H2,1-4H3/t15-,16+,20+/m0/s1. The van der Waals surface area contributed by atoms with Crippen LogP contribution in [0.2, 0.25) is 0 Å². The zero-order valence-electron chi connectivity index (χ0n) is 18.8. The molecule has 2 aromatic rings. The molecule has 1 aliphatic heterocycles. The molecular formula is C22H30N4O5S. The summed E-state index contributed by atoms with van der Waals surface area (Å²) in [6.07, 6.45) is 4.62. The Hall–Kier alpha value is -2.56. The van der Waals surface area contributed by atoms with Crippen LogP contribution in [0.5, 0.6) is 5.75 Å². The smallest absolute Gasteiger partial charge is 0.247 e. The Morgan fingerprint density at radius 3 is 2.62 bits per heavy atom. The molecule has 2 heterocycles. The lowest BCUT2D eigenvalue weighted by Gasteiger charge is -2.37. The average molecular weight is 463 g/mol. The van der Waals surface area contributed by atoms with Crippen molar-refractivity contribution in [2.75, 3.05) is 26.7 Å². The number of amides is 1. The maximum Gasteiger partial charge on any atom is 0.247 e. The van der Waals surface area contributed by atoms with Crippen molar-refractivity contribution in [1.82, 2.24) is 19.2 Å². The highest BCUT2D eigenvalue weighted by Crippen LogP contribution is 2.36. The van der Waals surface area contributed by atoms with Crippen LogP contribution in [0.1, 0.15) is 27.2 Å². The van der Waals surface area contributed by atoms with Crippen LogP contribution < -0.4 is 4.74 Å². The molecule has 0 fully saturated rings. The van der Waals surface area contributed by atoms with Crippen LogP contribution in [0.25, 0.3) is 11.1 Å². The first-order valence-electron chi connectivity index (χ1n) is 10.6. The lowest BCUT2D eigenvalue weighted by molar-refractivity contribution is -0.131. The molecule has 3 atom stereocenters. The Morgan fingerprint density at radius 2 is 2.00 bits per heavy atom. The quantitative estimate of drug-likeness (QED) is 0.696. The average Bonchev–Trinajstić information content (AvgIpc) is 2.80. The van der Waals surface area contributed by atoms with Crippen LogP contribution in [-0.4, -0.2) is 77.5 Å². The Bertz CT molecular complexity index is 1050. The predicted molar refractivity (Wildman–Crippen MR) is 119 cm³/mol. The van der Waals surface area contributed by atoms with E-state index in [-0.39, 0.29) is 35.6 Å². The van der Waals surface area contributed by atoms with E-state index in [2.05, 4.69) is 9.97 Å². The van der Waals surface area contributed by atoms with Gasteiger partial charge in [-0.1, -0.05) is 19.9 Å². The second kappa shape index (κ2) is 9.93. The van der Waals surface area contributed by atoms with E-state index in [1.807, 2.05) is 6.92 Å². The van der Waals surface area contributed by atoms with Crippen molar-refractivity contribution >= 4 is 15.9 Å². The van der Waals surface area contributed by atoms with Crippen LogP contribution in [0.4, 0.5) is 0 Å². The van der Waals surface area contributed by atoms with Crippen LogP contribution in [0.15, 0.2) is 41.8 Å². The molecule has 0 bridgehead atoms. The summed E-state index contributed by atoms with van der Waals surface area (Å²) in [4.78, 5) is 21.9. The highest BCUT2D eigenvalue weighted by atomic mass is 32.2. The van der Waals surface area contributed by atoms with Crippen LogP contribution in [0, 0.1) is 5.92 Å². The zero-order chi connectivity index (χ0) is 23.5. The largest absolute Gasteiger partial charge is 0.487 e. The first-order valence-corrected chi connectivity index (χ1v) is 12.1. The van der Waals surface area contributed by atoms with Gasteiger partial charge in [-0.15, -0.1) is 0 Å². The maximum atomic E-state index is 13.5. The maximum absolute atomic E-state index is 13.5. The lowest BCUT2D eigenvalue weighted by Crippen LogP contribution is -2.50. The number of hydrogen-bond donors (Lipinski definition) is 1. The van der Waals surface area contributed by atoms with Crippen LogP contribution in [0.3, 0.4) is 0 Å². The van der Waals surface area contributed by atoms with Gasteiger partial charge in [0.05, 0.1) is 13.2 Å². The van der Waals surface area contributed by atoms with E-state index in [0.717, 1.165) is 5.56 Å². The molecule has 1 amide bonds. The number of hydrogen-bond acceptors (Lipinski definition) is 7. The van der Waals surface area contributed by atoms with Crippen LogP contribution >= 0.6 is 0 Å². The van der Waals surface area contributed by atoms with E-state index in [1.165, 1.54) is 16.7 Å². The van der Waals surface area contributed by atoms with Crippen molar-refractivity contribution in [2.24, 2.45) is 5.92 Å².